The molecule has 1 rings (SSSR count). The molecule has 0 spiro atoms. The third-order valence-electron chi connectivity index (χ3n) is 2.20. The molecular weight excluding hydrogens is 335 g/mol. The number of nitrogens with two attached hydrogens (primary N) is 1. The third kappa shape index (κ3) is 6.58. The van der Waals surface area contributed by atoms with Gasteiger partial charge in [0.05, 0.1) is 5.75 Å². The predicted octanol–water partition coefficient (Wildman–Crippen LogP) is 1.81. The number of carbonyl (C=O) groups is 2. The summed E-state index contributed by atoms with van der Waals surface area (Å²) in [5.41, 5.74) is 5.39. The van der Waals surface area contributed by atoms with E-state index in [4.69, 9.17) is 5.73 Å². The number of carbonyl (C=O) groups excluding carboxylic acids is 2. The van der Waals surface area contributed by atoms with E-state index in [0.717, 1.165) is 4.47 Å². The molecule has 4 nitrogen and oxygen atoms in total. The van der Waals surface area contributed by atoms with Gasteiger partial charge in [-0.05, 0) is 18.2 Å². The molecule has 0 aliphatic rings. The molecule has 19 heavy (non-hydrogen) atoms. The highest BCUT2D eigenvalue weighted by Crippen LogP contribution is 2.15. The van der Waals surface area contributed by atoms with Crippen molar-refractivity contribution in [2.45, 2.75) is 13.0 Å². The number of amides is 2. The van der Waals surface area contributed by atoms with Crippen LogP contribution < -0.4 is 11.1 Å². The Labute approximate surface area is 123 Å². The fourth-order valence-corrected chi connectivity index (χ4v) is 2.38. The van der Waals surface area contributed by atoms with Crippen LogP contribution in [0.3, 0.4) is 0 Å². The maximum atomic E-state index is 13.4. The average Bonchev–Trinajstić information content (AvgIpc) is 2.35. The van der Waals surface area contributed by atoms with Crippen LogP contribution in [-0.4, -0.2) is 23.3 Å². The second kappa shape index (κ2) is 8.16. The van der Waals surface area contributed by atoms with E-state index in [2.05, 4.69) is 21.2 Å². The van der Waals surface area contributed by atoms with Gasteiger partial charge in [-0.1, -0.05) is 15.9 Å². The van der Waals surface area contributed by atoms with E-state index in [1.165, 1.54) is 17.8 Å². The van der Waals surface area contributed by atoms with Crippen molar-refractivity contribution in [2.24, 2.45) is 5.73 Å². The van der Waals surface area contributed by atoms with Crippen LogP contribution in [-0.2, 0) is 16.1 Å². The Morgan fingerprint density at radius 1 is 1.42 bits per heavy atom. The lowest BCUT2D eigenvalue weighted by Crippen LogP contribution is -2.24. The van der Waals surface area contributed by atoms with Crippen LogP contribution in [0.4, 0.5) is 4.39 Å². The predicted molar refractivity (Wildman–Crippen MR) is 77.1 cm³/mol. The Morgan fingerprint density at radius 3 is 2.84 bits per heavy atom. The first-order valence-electron chi connectivity index (χ1n) is 5.55. The maximum absolute atomic E-state index is 13.4. The Morgan fingerprint density at radius 2 is 2.16 bits per heavy atom. The van der Waals surface area contributed by atoms with Crippen LogP contribution in [0.15, 0.2) is 22.7 Å². The van der Waals surface area contributed by atoms with Gasteiger partial charge in [0.15, 0.2) is 0 Å². The molecule has 0 saturated heterocycles. The van der Waals surface area contributed by atoms with Crippen molar-refractivity contribution in [1.29, 1.82) is 0 Å². The minimum Gasteiger partial charge on any atom is -0.369 e. The van der Waals surface area contributed by atoms with E-state index in [1.54, 1.807) is 12.1 Å². The molecule has 104 valence electrons. The van der Waals surface area contributed by atoms with Crippen molar-refractivity contribution in [3.8, 4) is 0 Å². The summed E-state index contributed by atoms with van der Waals surface area (Å²) in [5, 5.41) is 2.63. The number of halogens is 2. The second-order valence-electron chi connectivity index (χ2n) is 3.78. The van der Waals surface area contributed by atoms with Crippen molar-refractivity contribution in [3.05, 3.63) is 34.1 Å². The van der Waals surface area contributed by atoms with E-state index < -0.39 is 5.91 Å². The molecule has 0 aliphatic carbocycles. The Balaban J connectivity index is 2.30. The molecule has 0 bridgehead atoms. The zero-order chi connectivity index (χ0) is 14.3. The molecule has 1 aromatic carbocycles. The van der Waals surface area contributed by atoms with Crippen LogP contribution in [0.25, 0.3) is 0 Å². The van der Waals surface area contributed by atoms with Crippen molar-refractivity contribution in [1.82, 2.24) is 5.32 Å². The highest BCUT2D eigenvalue weighted by Gasteiger charge is 2.06. The third-order valence-corrected chi connectivity index (χ3v) is 3.68. The fourth-order valence-electron chi connectivity index (χ4n) is 1.30. The monoisotopic (exact) mass is 348 g/mol. The van der Waals surface area contributed by atoms with Gasteiger partial charge in [0.1, 0.15) is 5.82 Å². The summed E-state index contributed by atoms with van der Waals surface area (Å²) in [7, 11) is 0. The Bertz CT molecular complexity index is 471. The van der Waals surface area contributed by atoms with E-state index in [0.29, 0.717) is 11.3 Å². The molecule has 1 aromatic rings. The topological polar surface area (TPSA) is 72.2 Å². The zero-order valence-corrected chi connectivity index (χ0v) is 12.5. The number of hydrogen-bond acceptors (Lipinski definition) is 3. The van der Waals surface area contributed by atoms with Crippen molar-refractivity contribution < 1.29 is 14.0 Å². The number of rotatable bonds is 7. The van der Waals surface area contributed by atoms with Crippen molar-refractivity contribution in [2.75, 3.05) is 11.5 Å². The molecule has 0 heterocycles. The van der Waals surface area contributed by atoms with E-state index >= 15 is 0 Å². The lowest BCUT2D eigenvalue weighted by Gasteiger charge is -2.06. The molecular formula is C12H14BrFN2O2S. The lowest BCUT2D eigenvalue weighted by atomic mass is 10.2. The molecule has 0 atom stereocenters. The summed E-state index contributed by atoms with van der Waals surface area (Å²) in [6, 6.07) is 4.56. The average molecular weight is 349 g/mol. The molecule has 3 N–H and O–H groups in total. The van der Waals surface area contributed by atoms with Crippen LogP contribution in [0.2, 0.25) is 0 Å². The largest absolute Gasteiger partial charge is 0.369 e. The molecule has 2 amide bonds. The van der Waals surface area contributed by atoms with Gasteiger partial charge in [-0.2, -0.15) is 11.8 Å². The van der Waals surface area contributed by atoms with Gasteiger partial charge in [0.25, 0.3) is 0 Å². The Kier molecular flexibility index (Phi) is 6.86. The van der Waals surface area contributed by atoms with Crippen LogP contribution >= 0.6 is 27.7 Å². The quantitative estimate of drug-likeness (QED) is 0.738. The number of benzene rings is 1. The summed E-state index contributed by atoms with van der Waals surface area (Å²) in [5.74, 6) is -0.229. The second-order valence-corrected chi connectivity index (χ2v) is 5.80. The summed E-state index contributed by atoms with van der Waals surface area (Å²) in [6.45, 7) is 0.143. The van der Waals surface area contributed by atoms with Gasteiger partial charge in [-0.15, -0.1) is 0 Å². The van der Waals surface area contributed by atoms with Crippen LogP contribution in [0, 0.1) is 5.82 Å². The normalized spacial score (nSPS) is 10.2. The highest BCUT2D eigenvalue weighted by atomic mass is 79.9. The van der Waals surface area contributed by atoms with Crippen molar-refractivity contribution >= 4 is 39.5 Å². The smallest absolute Gasteiger partial charge is 0.227 e. The molecule has 0 saturated carbocycles. The van der Waals surface area contributed by atoms with E-state index in [9.17, 15) is 14.0 Å². The van der Waals surface area contributed by atoms with Crippen LogP contribution in [0.1, 0.15) is 12.0 Å². The first kappa shape index (κ1) is 16.0. The van der Waals surface area contributed by atoms with Crippen LogP contribution in [0.5, 0.6) is 0 Å². The molecule has 7 heteroatoms. The number of thioether (sulfide) groups is 1. The first-order chi connectivity index (χ1) is 8.99. The number of nitrogens with one attached hydrogen (secondary N) is 1. The SMILES string of the molecule is NC(=O)CSCCC(=O)NCc1cc(Br)ccc1F. The first-order valence-corrected chi connectivity index (χ1v) is 7.50. The summed E-state index contributed by atoms with van der Waals surface area (Å²) in [6.07, 6.45) is 0.271. The zero-order valence-electron chi connectivity index (χ0n) is 10.1. The fraction of sp³-hybridized carbons (Fsp3) is 0.333. The summed E-state index contributed by atoms with van der Waals surface area (Å²) < 4.78 is 14.1. The summed E-state index contributed by atoms with van der Waals surface area (Å²) in [4.78, 5) is 22.0. The minimum atomic E-state index is -0.401. The molecule has 0 radical (unpaired) electrons. The maximum Gasteiger partial charge on any atom is 0.227 e. The standard InChI is InChI=1S/C12H14BrFN2O2S/c13-9-1-2-10(14)8(5-9)6-16-12(18)3-4-19-7-11(15)17/h1-2,5H,3-4,6-7H2,(H2,15,17)(H,16,18). The highest BCUT2D eigenvalue weighted by molar-refractivity contribution is 9.10. The summed E-state index contributed by atoms with van der Waals surface area (Å²) >= 11 is 4.54. The number of hydrogen-bond donors (Lipinski definition) is 2. The van der Waals surface area contributed by atoms with Gasteiger partial charge in [0.2, 0.25) is 11.8 Å². The Hall–Kier alpha value is -1.08. The van der Waals surface area contributed by atoms with Gasteiger partial charge < -0.3 is 11.1 Å². The molecule has 0 unspecified atom stereocenters. The van der Waals surface area contributed by atoms with Gasteiger partial charge in [0, 0.05) is 28.8 Å². The molecule has 0 fully saturated rings. The van der Waals surface area contributed by atoms with E-state index in [-0.39, 0.29) is 30.4 Å². The van der Waals surface area contributed by atoms with Crippen molar-refractivity contribution in [3.63, 3.8) is 0 Å². The van der Waals surface area contributed by atoms with Gasteiger partial charge in [-0.25, -0.2) is 4.39 Å². The van der Waals surface area contributed by atoms with Gasteiger partial charge in [-0.3, -0.25) is 9.59 Å². The van der Waals surface area contributed by atoms with Gasteiger partial charge >= 0.3 is 0 Å². The molecule has 0 aromatic heterocycles. The molecule has 0 aliphatic heterocycles. The number of primary amides is 1. The van der Waals surface area contributed by atoms with E-state index in [1.807, 2.05) is 0 Å². The minimum absolute atomic E-state index is 0.143. The lowest BCUT2D eigenvalue weighted by molar-refractivity contribution is -0.121.